The van der Waals surface area contributed by atoms with Crippen molar-refractivity contribution < 1.29 is 14.3 Å². The minimum atomic E-state index is -0.286. The number of aromatic nitrogens is 1. The van der Waals surface area contributed by atoms with Crippen LogP contribution >= 0.6 is 23.1 Å². The van der Waals surface area contributed by atoms with Crippen molar-refractivity contribution >= 4 is 45.2 Å². The standard InChI is InChI=1S/C20H20N2O3S2/c1-14-8-9-16-17(12-14)27-20(22(16)11-10-19(24)25-2)21-18(23)13-26-15-6-4-3-5-7-15/h3-9,12H,10-11,13H2,1-2H3. The van der Waals surface area contributed by atoms with Gasteiger partial charge in [0.1, 0.15) is 0 Å². The fourth-order valence-electron chi connectivity index (χ4n) is 2.59. The number of hydrogen-bond acceptors (Lipinski definition) is 5. The summed E-state index contributed by atoms with van der Waals surface area (Å²) in [6.45, 7) is 2.45. The molecule has 1 aromatic heterocycles. The Bertz CT molecular complexity index is 1020. The Labute approximate surface area is 165 Å². The second-order valence-corrected chi connectivity index (χ2v) is 8.00. The molecule has 0 saturated carbocycles. The Morgan fingerprint density at radius 2 is 1.96 bits per heavy atom. The number of ether oxygens (including phenoxy) is 1. The molecule has 7 heteroatoms. The van der Waals surface area contributed by atoms with Crippen LogP contribution in [0.3, 0.4) is 0 Å². The van der Waals surface area contributed by atoms with E-state index in [-0.39, 0.29) is 24.1 Å². The highest BCUT2D eigenvalue weighted by atomic mass is 32.2. The molecular weight excluding hydrogens is 380 g/mol. The molecule has 3 rings (SSSR count). The summed E-state index contributed by atoms with van der Waals surface area (Å²) in [5.74, 6) is -0.210. The van der Waals surface area contributed by atoms with Crippen LogP contribution in [0, 0.1) is 6.92 Å². The van der Waals surface area contributed by atoms with Crippen LogP contribution < -0.4 is 4.80 Å². The smallest absolute Gasteiger partial charge is 0.307 e. The van der Waals surface area contributed by atoms with Crippen LogP contribution in [0.5, 0.6) is 0 Å². The first-order valence-corrected chi connectivity index (χ1v) is 10.3. The van der Waals surface area contributed by atoms with Crippen molar-refractivity contribution in [2.75, 3.05) is 12.9 Å². The van der Waals surface area contributed by atoms with Crippen molar-refractivity contribution in [2.45, 2.75) is 24.8 Å². The molecule has 1 heterocycles. The average molecular weight is 401 g/mol. The summed E-state index contributed by atoms with van der Waals surface area (Å²) in [7, 11) is 1.37. The summed E-state index contributed by atoms with van der Waals surface area (Å²) >= 11 is 2.92. The topological polar surface area (TPSA) is 60.7 Å². The van der Waals surface area contributed by atoms with Gasteiger partial charge in [-0.25, -0.2) is 0 Å². The third-order valence-electron chi connectivity index (χ3n) is 3.93. The summed E-state index contributed by atoms with van der Waals surface area (Å²) in [6, 6.07) is 15.9. The van der Waals surface area contributed by atoms with E-state index in [1.807, 2.05) is 54.0 Å². The molecule has 0 aliphatic heterocycles. The average Bonchev–Trinajstić information content (AvgIpc) is 3.01. The SMILES string of the molecule is COC(=O)CCn1c(=NC(=O)CSc2ccccc2)sc2cc(C)ccc21. The van der Waals surface area contributed by atoms with Gasteiger partial charge >= 0.3 is 5.97 Å². The Balaban J connectivity index is 1.87. The zero-order valence-electron chi connectivity index (χ0n) is 15.2. The van der Waals surface area contributed by atoms with E-state index >= 15 is 0 Å². The molecule has 27 heavy (non-hydrogen) atoms. The lowest BCUT2D eigenvalue weighted by Crippen LogP contribution is -2.19. The number of hydrogen-bond donors (Lipinski definition) is 0. The molecule has 0 bridgehead atoms. The fourth-order valence-corrected chi connectivity index (χ4v) is 4.46. The molecule has 0 unspecified atom stereocenters. The molecule has 1 amide bonds. The van der Waals surface area contributed by atoms with Gasteiger partial charge in [0.2, 0.25) is 0 Å². The van der Waals surface area contributed by atoms with E-state index in [0.29, 0.717) is 11.3 Å². The van der Waals surface area contributed by atoms with E-state index < -0.39 is 0 Å². The number of amides is 1. The van der Waals surface area contributed by atoms with Crippen LogP contribution in [0.4, 0.5) is 0 Å². The van der Waals surface area contributed by atoms with Gasteiger partial charge in [0, 0.05) is 11.4 Å². The molecule has 0 aliphatic rings. The number of rotatable bonds is 6. The van der Waals surface area contributed by atoms with Crippen LogP contribution in [-0.4, -0.2) is 29.3 Å². The molecule has 2 aromatic carbocycles. The maximum Gasteiger partial charge on any atom is 0.307 e. The second-order valence-electron chi connectivity index (χ2n) is 5.94. The molecule has 0 N–H and O–H groups in total. The summed E-state index contributed by atoms with van der Waals surface area (Å²) in [4.78, 5) is 29.9. The number of fused-ring (bicyclic) bond motifs is 1. The van der Waals surface area contributed by atoms with Crippen molar-refractivity contribution in [3.8, 4) is 0 Å². The third-order valence-corrected chi connectivity index (χ3v) is 5.97. The Morgan fingerprint density at radius 3 is 2.70 bits per heavy atom. The lowest BCUT2D eigenvalue weighted by molar-refractivity contribution is -0.140. The lowest BCUT2D eigenvalue weighted by atomic mass is 10.2. The van der Waals surface area contributed by atoms with Crippen LogP contribution in [-0.2, 0) is 20.9 Å². The molecule has 3 aromatic rings. The zero-order chi connectivity index (χ0) is 19.2. The van der Waals surface area contributed by atoms with E-state index in [2.05, 4.69) is 11.1 Å². The molecule has 5 nitrogen and oxygen atoms in total. The number of methoxy groups -OCH3 is 1. The van der Waals surface area contributed by atoms with Gasteiger partial charge in [0.25, 0.3) is 5.91 Å². The number of thioether (sulfide) groups is 1. The number of aryl methyl sites for hydroxylation is 2. The highest BCUT2D eigenvalue weighted by Gasteiger charge is 2.10. The predicted octanol–water partition coefficient (Wildman–Crippen LogP) is 3.79. The molecule has 140 valence electrons. The van der Waals surface area contributed by atoms with Crippen molar-refractivity contribution in [3.63, 3.8) is 0 Å². The van der Waals surface area contributed by atoms with Crippen molar-refractivity contribution in [3.05, 3.63) is 58.9 Å². The largest absolute Gasteiger partial charge is 0.469 e. The first kappa shape index (κ1) is 19.4. The van der Waals surface area contributed by atoms with E-state index in [1.165, 1.54) is 30.2 Å². The van der Waals surface area contributed by atoms with Gasteiger partial charge in [-0.1, -0.05) is 35.6 Å². The summed E-state index contributed by atoms with van der Waals surface area (Å²) < 4.78 is 7.70. The summed E-state index contributed by atoms with van der Waals surface area (Å²) in [6.07, 6.45) is 0.232. The first-order valence-electron chi connectivity index (χ1n) is 8.49. The van der Waals surface area contributed by atoms with Crippen molar-refractivity contribution in [1.29, 1.82) is 0 Å². The molecule has 0 fully saturated rings. The fraction of sp³-hybridized carbons (Fsp3) is 0.250. The van der Waals surface area contributed by atoms with Gasteiger partial charge in [-0.3, -0.25) is 9.59 Å². The normalized spacial score (nSPS) is 11.7. The van der Waals surface area contributed by atoms with Gasteiger partial charge in [0.15, 0.2) is 4.80 Å². The molecule has 0 saturated heterocycles. The molecule has 0 aliphatic carbocycles. The quantitative estimate of drug-likeness (QED) is 0.466. The minimum absolute atomic E-state index is 0.195. The van der Waals surface area contributed by atoms with Crippen molar-refractivity contribution in [1.82, 2.24) is 4.57 Å². The summed E-state index contributed by atoms with van der Waals surface area (Å²) in [5, 5.41) is 0. The van der Waals surface area contributed by atoms with Gasteiger partial charge in [-0.15, -0.1) is 11.8 Å². The highest BCUT2D eigenvalue weighted by Crippen LogP contribution is 2.20. The maximum absolute atomic E-state index is 12.4. The lowest BCUT2D eigenvalue weighted by Gasteiger charge is -2.04. The molecular formula is C20H20N2O3S2. The van der Waals surface area contributed by atoms with Crippen LogP contribution in [0.1, 0.15) is 12.0 Å². The monoisotopic (exact) mass is 400 g/mol. The number of nitrogens with zero attached hydrogens (tertiary/aromatic N) is 2. The first-order chi connectivity index (χ1) is 13.1. The number of thiazole rings is 1. The van der Waals surface area contributed by atoms with Gasteiger partial charge < -0.3 is 9.30 Å². The van der Waals surface area contributed by atoms with E-state index in [9.17, 15) is 9.59 Å². The van der Waals surface area contributed by atoms with E-state index in [1.54, 1.807) is 0 Å². The summed E-state index contributed by atoms with van der Waals surface area (Å²) in [5.41, 5.74) is 2.11. The van der Waals surface area contributed by atoms with E-state index in [0.717, 1.165) is 20.7 Å². The van der Waals surface area contributed by atoms with Gasteiger partial charge in [-0.2, -0.15) is 4.99 Å². The second kappa shape index (κ2) is 9.01. The molecule has 0 atom stereocenters. The van der Waals surface area contributed by atoms with E-state index in [4.69, 9.17) is 4.74 Å². The molecule has 0 radical (unpaired) electrons. The highest BCUT2D eigenvalue weighted by molar-refractivity contribution is 8.00. The Hall–Kier alpha value is -2.38. The number of carbonyl (C=O) groups is 2. The van der Waals surface area contributed by atoms with Crippen LogP contribution in [0.15, 0.2) is 58.4 Å². The molecule has 0 spiro atoms. The predicted molar refractivity (Wildman–Crippen MR) is 109 cm³/mol. The third kappa shape index (κ3) is 5.08. The zero-order valence-corrected chi connectivity index (χ0v) is 16.8. The Kier molecular flexibility index (Phi) is 6.47. The Morgan fingerprint density at radius 1 is 1.19 bits per heavy atom. The maximum atomic E-state index is 12.4. The van der Waals surface area contributed by atoms with Gasteiger partial charge in [-0.05, 0) is 36.8 Å². The van der Waals surface area contributed by atoms with Crippen molar-refractivity contribution in [2.24, 2.45) is 4.99 Å². The van der Waals surface area contributed by atoms with Crippen LogP contribution in [0.2, 0.25) is 0 Å². The number of esters is 1. The number of benzene rings is 2. The number of carbonyl (C=O) groups excluding carboxylic acids is 2. The van der Waals surface area contributed by atoms with Crippen LogP contribution in [0.25, 0.3) is 10.2 Å². The minimum Gasteiger partial charge on any atom is -0.469 e. The van der Waals surface area contributed by atoms with Gasteiger partial charge in [0.05, 0.1) is 29.5 Å².